The lowest BCUT2D eigenvalue weighted by Crippen LogP contribution is -2.40. The van der Waals surface area contributed by atoms with Crippen molar-refractivity contribution in [1.82, 2.24) is 9.29 Å². The fraction of sp³-hybridized carbons (Fsp3) is 0.231. The molecule has 164 valence electrons. The zero-order valence-electron chi connectivity index (χ0n) is 18.0. The first-order valence-electron chi connectivity index (χ1n) is 10.8. The molecule has 3 aromatic carbocycles. The molecule has 0 unspecified atom stereocenters. The van der Waals surface area contributed by atoms with Gasteiger partial charge in [0.05, 0.1) is 10.9 Å². The Hall–Kier alpha value is -2.60. The molecule has 2 heterocycles. The Balaban J connectivity index is 1.66. The summed E-state index contributed by atoms with van der Waals surface area (Å²) in [7, 11) is -3.71. The third kappa shape index (κ3) is 3.54. The Labute approximate surface area is 193 Å². The van der Waals surface area contributed by atoms with Gasteiger partial charge in [0, 0.05) is 28.2 Å². The van der Waals surface area contributed by atoms with Crippen LogP contribution in [0.5, 0.6) is 0 Å². The van der Waals surface area contributed by atoms with Crippen LogP contribution in [-0.4, -0.2) is 24.3 Å². The lowest BCUT2D eigenvalue weighted by atomic mass is 9.94. The second-order valence-electron chi connectivity index (χ2n) is 8.61. The molecule has 1 atom stereocenters. The highest BCUT2D eigenvalue weighted by molar-refractivity contribution is 7.89. The smallest absolute Gasteiger partial charge is 0.244 e. The van der Waals surface area contributed by atoms with Gasteiger partial charge in [0.2, 0.25) is 10.0 Å². The molecule has 0 aliphatic carbocycles. The van der Waals surface area contributed by atoms with E-state index in [0.29, 0.717) is 28.8 Å². The number of sulfonamides is 1. The van der Waals surface area contributed by atoms with Crippen LogP contribution in [0.2, 0.25) is 5.02 Å². The normalized spacial score (nSPS) is 17.1. The Morgan fingerprint density at radius 1 is 0.969 bits per heavy atom. The molecule has 0 amide bonds. The van der Waals surface area contributed by atoms with E-state index in [9.17, 15) is 8.42 Å². The maximum Gasteiger partial charge on any atom is 0.244 e. The van der Waals surface area contributed by atoms with Crippen molar-refractivity contribution in [2.45, 2.75) is 37.1 Å². The number of hydrogen-bond acceptors (Lipinski definition) is 2. The highest BCUT2D eigenvalue weighted by Gasteiger charge is 2.39. The maximum atomic E-state index is 13.8. The van der Waals surface area contributed by atoms with E-state index in [2.05, 4.69) is 24.9 Å². The van der Waals surface area contributed by atoms with Gasteiger partial charge in [-0.3, -0.25) is 0 Å². The van der Waals surface area contributed by atoms with Crippen molar-refractivity contribution in [2.24, 2.45) is 0 Å². The van der Waals surface area contributed by atoms with Gasteiger partial charge in [0.15, 0.2) is 0 Å². The van der Waals surface area contributed by atoms with Crippen LogP contribution in [0, 0.1) is 0 Å². The van der Waals surface area contributed by atoms with Crippen LogP contribution in [0.1, 0.15) is 48.2 Å². The van der Waals surface area contributed by atoms with E-state index in [1.807, 2.05) is 54.6 Å². The highest BCUT2D eigenvalue weighted by atomic mass is 35.5. The van der Waals surface area contributed by atoms with Crippen LogP contribution < -0.4 is 0 Å². The minimum atomic E-state index is -3.71. The number of hydrogen-bond donors (Lipinski definition) is 1. The number of H-pyrrole nitrogens is 1. The number of aromatic nitrogens is 1. The van der Waals surface area contributed by atoms with Crippen molar-refractivity contribution in [2.75, 3.05) is 6.54 Å². The van der Waals surface area contributed by atoms with Gasteiger partial charge in [-0.25, -0.2) is 8.42 Å². The minimum absolute atomic E-state index is 0.320. The molecule has 4 aromatic rings. The Morgan fingerprint density at radius 3 is 2.34 bits per heavy atom. The molecule has 5 rings (SSSR count). The lowest BCUT2D eigenvalue weighted by molar-refractivity contribution is 0.340. The topological polar surface area (TPSA) is 53.2 Å². The van der Waals surface area contributed by atoms with Gasteiger partial charge in [0.1, 0.15) is 0 Å². The second-order valence-corrected chi connectivity index (χ2v) is 10.9. The average Bonchev–Trinajstić information content (AvgIpc) is 3.18. The van der Waals surface area contributed by atoms with Crippen molar-refractivity contribution in [3.05, 3.63) is 100 Å². The fourth-order valence-electron chi connectivity index (χ4n) is 4.62. The number of fused-ring (bicyclic) bond motifs is 3. The molecule has 1 aliphatic heterocycles. The molecule has 0 bridgehead atoms. The van der Waals surface area contributed by atoms with Gasteiger partial charge in [-0.2, -0.15) is 4.31 Å². The van der Waals surface area contributed by atoms with Crippen LogP contribution in [0.25, 0.3) is 10.9 Å². The van der Waals surface area contributed by atoms with E-state index < -0.39 is 16.1 Å². The van der Waals surface area contributed by atoms with Crippen LogP contribution in [0.15, 0.2) is 77.7 Å². The molecule has 4 nitrogen and oxygen atoms in total. The highest BCUT2D eigenvalue weighted by Crippen LogP contribution is 2.41. The summed E-state index contributed by atoms with van der Waals surface area (Å²) in [5.41, 5.74) is 5.15. The van der Waals surface area contributed by atoms with Crippen LogP contribution in [0.4, 0.5) is 0 Å². The molecule has 1 N–H and O–H groups in total. The summed E-state index contributed by atoms with van der Waals surface area (Å²) in [6.07, 6.45) is 0.659. The summed E-state index contributed by atoms with van der Waals surface area (Å²) in [5.74, 6) is 0.345. The van der Waals surface area contributed by atoms with Crippen molar-refractivity contribution in [3.63, 3.8) is 0 Å². The molecule has 0 spiro atoms. The first-order valence-corrected chi connectivity index (χ1v) is 12.6. The molecule has 1 aromatic heterocycles. The van der Waals surface area contributed by atoms with Crippen molar-refractivity contribution < 1.29 is 8.42 Å². The SMILES string of the molecule is CC(C)c1ccc(S(=O)(=O)N2CCc3c([nH]c4ccccc34)[C@@H]2c2ccc(Cl)cc2)cc1. The molecular formula is C26H25ClN2O2S. The molecule has 0 radical (unpaired) electrons. The second kappa shape index (κ2) is 8.07. The van der Waals surface area contributed by atoms with Gasteiger partial charge in [0.25, 0.3) is 0 Å². The number of halogens is 1. The van der Waals surface area contributed by atoms with E-state index in [1.54, 1.807) is 16.4 Å². The van der Waals surface area contributed by atoms with Gasteiger partial charge in [-0.1, -0.05) is 67.9 Å². The molecule has 6 heteroatoms. The van der Waals surface area contributed by atoms with Crippen LogP contribution in [-0.2, 0) is 16.4 Å². The van der Waals surface area contributed by atoms with E-state index in [0.717, 1.165) is 27.7 Å². The fourth-order valence-corrected chi connectivity index (χ4v) is 6.33. The van der Waals surface area contributed by atoms with Gasteiger partial charge < -0.3 is 4.98 Å². The monoisotopic (exact) mass is 464 g/mol. The minimum Gasteiger partial charge on any atom is -0.357 e. The Morgan fingerprint density at radius 2 is 1.66 bits per heavy atom. The number of nitrogens with zero attached hydrogens (tertiary/aromatic N) is 1. The Bertz CT molecular complexity index is 1370. The summed E-state index contributed by atoms with van der Waals surface area (Å²) in [4.78, 5) is 3.84. The molecule has 1 aliphatic rings. The molecular weight excluding hydrogens is 440 g/mol. The summed E-state index contributed by atoms with van der Waals surface area (Å²) >= 11 is 6.14. The maximum absolute atomic E-state index is 13.8. The molecule has 0 fully saturated rings. The van der Waals surface area contributed by atoms with Crippen molar-refractivity contribution >= 4 is 32.5 Å². The third-order valence-electron chi connectivity index (χ3n) is 6.33. The third-order valence-corrected chi connectivity index (χ3v) is 8.46. The van der Waals surface area contributed by atoms with Gasteiger partial charge >= 0.3 is 0 Å². The van der Waals surface area contributed by atoms with E-state index >= 15 is 0 Å². The lowest BCUT2D eigenvalue weighted by Gasteiger charge is -2.35. The average molecular weight is 465 g/mol. The van der Waals surface area contributed by atoms with E-state index in [-0.39, 0.29) is 0 Å². The first kappa shape index (κ1) is 21.3. The number of aromatic amines is 1. The van der Waals surface area contributed by atoms with Crippen LogP contribution >= 0.6 is 11.6 Å². The summed E-state index contributed by atoms with van der Waals surface area (Å²) in [6.45, 7) is 4.61. The summed E-state index contributed by atoms with van der Waals surface area (Å²) in [5, 5.41) is 1.78. The van der Waals surface area contributed by atoms with Gasteiger partial charge in [-0.05, 0) is 59.4 Å². The summed E-state index contributed by atoms with van der Waals surface area (Å²) < 4.78 is 29.3. The number of rotatable bonds is 4. The van der Waals surface area contributed by atoms with E-state index in [4.69, 9.17) is 11.6 Å². The Kier molecular flexibility index (Phi) is 5.36. The predicted molar refractivity (Wildman–Crippen MR) is 130 cm³/mol. The molecule has 32 heavy (non-hydrogen) atoms. The number of nitrogens with one attached hydrogen (secondary N) is 1. The molecule has 0 saturated carbocycles. The van der Waals surface area contributed by atoms with Crippen molar-refractivity contribution in [3.8, 4) is 0 Å². The predicted octanol–water partition coefficient (Wildman–Crippen LogP) is 6.28. The van der Waals surface area contributed by atoms with Crippen molar-refractivity contribution in [1.29, 1.82) is 0 Å². The summed E-state index contributed by atoms with van der Waals surface area (Å²) in [6, 6.07) is 22.4. The largest absolute Gasteiger partial charge is 0.357 e. The van der Waals surface area contributed by atoms with Crippen LogP contribution in [0.3, 0.4) is 0 Å². The zero-order chi connectivity index (χ0) is 22.5. The zero-order valence-corrected chi connectivity index (χ0v) is 19.6. The number of benzene rings is 3. The number of para-hydroxylation sites is 1. The standard InChI is InChI=1S/C26H25ClN2O2S/c1-17(2)18-9-13-21(14-10-18)32(30,31)29-16-15-23-22-5-3-4-6-24(22)28-25(23)26(29)19-7-11-20(27)12-8-19/h3-14,17,26,28H,15-16H2,1-2H3/t26-/m0/s1. The quantitative estimate of drug-likeness (QED) is 0.386. The molecule has 0 saturated heterocycles. The van der Waals surface area contributed by atoms with Gasteiger partial charge in [-0.15, -0.1) is 0 Å². The first-order chi connectivity index (χ1) is 15.4. The van der Waals surface area contributed by atoms with E-state index in [1.165, 1.54) is 5.56 Å².